The van der Waals surface area contributed by atoms with Crippen LogP contribution < -0.4 is 4.74 Å². The summed E-state index contributed by atoms with van der Waals surface area (Å²) in [4.78, 5) is 0. The van der Waals surface area contributed by atoms with Crippen molar-refractivity contribution in [2.75, 3.05) is 0 Å². The van der Waals surface area contributed by atoms with Gasteiger partial charge in [-0.1, -0.05) is 6.07 Å². The number of nitrogens with zero attached hydrogens (tertiary/aromatic N) is 2. The number of benzene rings is 1. The van der Waals surface area contributed by atoms with Gasteiger partial charge in [0.25, 0.3) is 0 Å². The maximum absolute atomic E-state index is 5.63. The zero-order valence-corrected chi connectivity index (χ0v) is 10.5. The van der Waals surface area contributed by atoms with Crippen molar-refractivity contribution in [3.05, 3.63) is 47.2 Å². The summed E-state index contributed by atoms with van der Waals surface area (Å²) < 4.78 is 5.60. The second-order valence-electron chi connectivity index (χ2n) is 3.84. The molecule has 0 bridgehead atoms. The summed E-state index contributed by atoms with van der Waals surface area (Å²) in [5.74, 6) is 1.60. The molecule has 0 unspecified atom stereocenters. The predicted molar refractivity (Wildman–Crippen MR) is 67.6 cm³/mol. The summed E-state index contributed by atoms with van der Waals surface area (Å²) in [7, 11) is 0. The average Bonchev–Trinajstić information content (AvgIpc) is 2.35. The fourth-order valence-corrected chi connectivity index (χ4v) is 1.51. The number of aryl methyl sites for hydroxylation is 2. The molecule has 4 heteroatoms. The minimum Gasteiger partial charge on any atom is -0.438 e. The summed E-state index contributed by atoms with van der Waals surface area (Å²) >= 11 is 5.63. The molecular weight excluding hydrogens is 236 g/mol. The van der Waals surface area contributed by atoms with E-state index in [2.05, 4.69) is 17.1 Å². The highest BCUT2D eigenvalue weighted by atomic mass is 35.5. The molecule has 88 valence electrons. The van der Waals surface area contributed by atoms with Gasteiger partial charge in [-0.2, -0.15) is 5.10 Å². The van der Waals surface area contributed by atoms with Gasteiger partial charge in [-0.3, -0.25) is 0 Å². The lowest BCUT2D eigenvalue weighted by Crippen LogP contribution is -1.94. The number of hydrogen-bond donors (Lipinski definition) is 0. The standard InChI is InChI=1S/C13H13ClN2O/c1-9-3-5-12(7-10(9)2)17-13-6-4-11(8-14)15-16-13/h3-7H,8H2,1-2H3. The van der Waals surface area contributed by atoms with Crippen molar-refractivity contribution in [2.45, 2.75) is 19.7 Å². The van der Waals surface area contributed by atoms with Crippen LogP contribution in [-0.2, 0) is 5.88 Å². The molecule has 0 aliphatic heterocycles. The Labute approximate surface area is 105 Å². The van der Waals surface area contributed by atoms with Crippen LogP contribution in [0.1, 0.15) is 16.8 Å². The van der Waals surface area contributed by atoms with E-state index in [1.165, 1.54) is 11.1 Å². The molecule has 3 nitrogen and oxygen atoms in total. The fraction of sp³-hybridized carbons (Fsp3) is 0.231. The van der Waals surface area contributed by atoms with Crippen molar-refractivity contribution < 1.29 is 4.74 Å². The third-order valence-electron chi connectivity index (χ3n) is 2.53. The second-order valence-corrected chi connectivity index (χ2v) is 4.11. The first-order chi connectivity index (χ1) is 8.19. The smallest absolute Gasteiger partial charge is 0.238 e. The van der Waals surface area contributed by atoms with E-state index in [1.807, 2.05) is 25.1 Å². The molecule has 0 radical (unpaired) electrons. The number of halogens is 1. The molecule has 0 atom stereocenters. The fourth-order valence-electron chi connectivity index (χ4n) is 1.37. The number of rotatable bonds is 3. The van der Waals surface area contributed by atoms with E-state index in [-0.39, 0.29) is 0 Å². The minimum absolute atomic E-state index is 0.358. The Kier molecular flexibility index (Phi) is 3.59. The molecule has 17 heavy (non-hydrogen) atoms. The van der Waals surface area contributed by atoms with Crippen molar-refractivity contribution in [1.29, 1.82) is 0 Å². The van der Waals surface area contributed by atoms with Crippen molar-refractivity contribution in [3.8, 4) is 11.6 Å². The Morgan fingerprint density at radius 2 is 1.88 bits per heavy atom. The lowest BCUT2D eigenvalue weighted by molar-refractivity contribution is 0.454. The third-order valence-corrected chi connectivity index (χ3v) is 2.81. The lowest BCUT2D eigenvalue weighted by atomic mass is 10.1. The van der Waals surface area contributed by atoms with Gasteiger partial charge in [-0.05, 0) is 43.2 Å². The van der Waals surface area contributed by atoms with Crippen LogP contribution in [0.3, 0.4) is 0 Å². The van der Waals surface area contributed by atoms with E-state index in [0.717, 1.165) is 11.4 Å². The summed E-state index contributed by atoms with van der Waals surface area (Å²) in [6.07, 6.45) is 0. The van der Waals surface area contributed by atoms with Crippen LogP contribution in [0.15, 0.2) is 30.3 Å². The maximum atomic E-state index is 5.63. The number of alkyl halides is 1. The molecule has 1 aromatic heterocycles. The first kappa shape index (κ1) is 11.9. The Morgan fingerprint density at radius 1 is 1.06 bits per heavy atom. The predicted octanol–water partition coefficient (Wildman–Crippen LogP) is 3.62. The molecule has 0 fully saturated rings. The van der Waals surface area contributed by atoms with Crippen LogP contribution in [0.25, 0.3) is 0 Å². The highest BCUT2D eigenvalue weighted by molar-refractivity contribution is 6.16. The number of aromatic nitrogens is 2. The van der Waals surface area contributed by atoms with Crippen molar-refractivity contribution in [3.63, 3.8) is 0 Å². The van der Waals surface area contributed by atoms with Gasteiger partial charge in [-0.25, -0.2) is 0 Å². The van der Waals surface area contributed by atoms with Gasteiger partial charge in [0, 0.05) is 6.07 Å². The van der Waals surface area contributed by atoms with Crippen LogP contribution in [-0.4, -0.2) is 10.2 Å². The van der Waals surface area contributed by atoms with E-state index in [0.29, 0.717) is 11.8 Å². The third kappa shape index (κ3) is 2.94. The maximum Gasteiger partial charge on any atom is 0.238 e. The molecule has 0 saturated heterocycles. The Hall–Kier alpha value is -1.61. The first-order valence-corrected chi connectivity index (χ1v) is 5.86. The SMILES string of the molecule is Cc1ccc(Oc2ccc(CCl)nn2)cc1C. The normalized spacial score (nSPS) is 10.3. The minimum atomic E-state index is 0.358. The van der Waals surface area contributed by atoms with Crippen LogP contribution in [0, 0.1) is 13.8 Å². The van der Waals surface area contributed by atoms with Gasteiger partial charge in [0.05, 0.1) is 11.6 Å². The highest BCUT2D eigenvalue weighted by Gasteiger charge is 2.01. The monoisotopic (exact) mass is 248 g/mol. The lowest BCUT2D eigenvalue weighted by Gasteiger charge is -2.06. The zero-order valence-electron chi connectivity index (χ0n) is 9.77. The van der Waals surface area contributed by atoms with Crippen LogP contribution in [0.4, 0.5) is 0 Å². The summed E-state index contributed by atoms with van der Waals surface area (Å²) in [5.41, 5.74) is 3.16. The van der Waals surface area contributed by atoms with Crippen molar-refractivity contribution in [2.24, 2.45) is 0 Å². The topological polar surface area (TPSA) is 35.0 Å². The van der Waals surface area contributed by atoms with E-state index >= 15 is 0 Å². The molecule has 1 heterocycles. The summed E-state index contributed by atoms with van der Waals surface area (Å²) in [6.45, 7) is 4.11. The Bertz CT molecular complexity index is 511. The molecule has 0 saturated carbocycles. The van der Waals surface area contributed by atoms with Crippen molar-refractivity contribution >= 4 is 11.6 Å². The molecule has 0 spiro atoms. The molecule has 0 amide bonds. The largest absolute Gasteiger partial charge is 0.438 e. The second kappa shape index (κ2) is 5.15. The zero-order chi connectivity index (χ0) is 12.3. The molecule has 0 N–H and O–H groups in total. The summed E-state index contributed by atoms with van der Waals surface area (Å²) in [6, 6.07) is 9.48. The average molecular weight is 249 g/mol. The molecule has 1 aromatic carbocycles. The molecular formula is C13H13ClN2O. The quantitative estimate of drug-likeness (QED) is 0.778. The highest BCUT2D eigenvalue weighted by Crippen LogP contribution is 2.21. The van der Waals surface area contributed by atoms with Crippen LogP contribution >= 0.6 is 11.6 Å². The van der Waals surface area contributed by atoms with Gasteiger partial charge < -0.3 is 4.74 Å². The molecule has 0 aliphatic rings. The van der Waals surface area contributed by atoms with Crippen LogP contribution in [0.5, 0.6) is 11.6 Å². The van der Waals surface area contributed by atoms with Gasteiger partial charge in [0.2, 0.25) is 5.88 Å². The summed E-state index contributed by atoms with van der Waals surface area (Å²) in [5, 5.41) is 7.87. The van der Waals surface area contributed by atoms with Crippen molar-refractivity contribution in [1.82, 2.24) is 10.2 Å². The molecule has 2 aromatic rings. The van der Waals surface area contributed by atoms with E-state index < -0.39 is 0 Å². The van der Waals surface area contributed by atoms with E-state index in [4.69, 9.17) is 16.3 Å². The van der Waals surface area contributed by atoms with E-state index in [1.54, 1.807) is 12.1 Å². The van der Waals surface area contributed by atoms with Gasteiger partial charge >= 0.3 is 0 Å². The number of hydrogen-bond acceptors (Lipinski definition) is 3. The Balaban J connectivity index is 2.16. The molecule has 2 rings (SSSR count). The van der Waals surface area contributed by atoms with Crippen LogP contribution in [0.2, 0.25) is 0 Å². The van der Waals surface area contributed by atoms with Gasteiger partial charge in [0.15, 0.2) is 0 Å². The first-order valence-electron chi connectivity index (χ1n) is 5.32. The van der Waals surface area contributed by atoms with Gasteiger partial charge in [-0.15, -0.1) is 16.7 Å². The Morgan fingerprint density at radius 3 is 2.47 bits per heavy atom. The van der Waals surface area contributed by atoms with Gasteiger partial charge in [0.1, 0.15) is 5.75 Å². The molecule has 0 aliphatic carbocycles. The number of ether oxygens (including phenoxy) is 1. The van der Waals surface area contributed by atoms with E-state index in [9.17, 15) is 0 Å².